The molecule has 2 N–H and O–H groups in total. The van der Waals surface area contributed by atoms with Gasteiger partial charge in [0.05, 0.1) is 31.0 Å². The molecule has 0 aliphatic heterocycles. The number of nitrogens with zero attached hydrogens (tertiary/aromatic N) is 2. The molecule has 0 saturated heterocycles. The van der Waals surface area contributed by atoms with Crippen molar-refractivity contribution in [3.63, 3.8) is 0 Å². The molecule has 0 aliphatic carbocycles. The molecule has 1 atom stereocenters. The zero-order valence-corrected chi connectivity index (χ0v) is 14.6. The number of nitrogens with one attached hydrogen (secondary N) is 1. The van der Waals surface area contributed by atoms with Gasteiger partial charge in [0.15, 0.2) is 0 Å². The number of rotatable bonds is 7. The smallest absolute Gasteiger partial charge is 0.251 e. The SMILES string of the molecule is Cc1ccc(C(CNC(=O)c2ccc3nsnc3c2)OCCO)cc1. The van der Waals surface area contributed by atoms with Crippen LogP contribution >= 0.6 is 11.7 Å². The van der Waals surface area contributed by atoms with E-state index in [0.29, 0.717) is 17.6 Å². The highest BCUT2D eigenvalue weighted by Crippen LogP contribution is 2.18. The molecule has 1 aromatic heterocycles. The monoisotopic (exact) mass is 357 g/mol. The fourth-order valence-corrected chi connectivity index (χ4v) is 2.98. The highest BCUT2D eigenvalue weighted by molar-refractivity contribution is 7.00. The summed E-state index contributed by atoms with van der Waals surface area (Å²) in [6, 6.07) is 13.2. The van der Waals surface area contributed by atoms with Crippen LogP contribution in [0.3, 0.4) is 0 Å². The molecular formula is C18H19N3O3S. The number of aliphatic hydroxyl groups excluding tert-OH is 1. The van der Waals surface area contributed by atoms with Crippen LogP contribution in [0.1, 0.15) is 27.6 Å². The van der Waals surface area contributed by atoms with E-state index in [1.807, 2.05) is 31.2 Å². The standard InChI is InChI=1S/C18H19N3O3S/c1-12-2-4-13(5-3-12)17(24-9-8-22)11-19-18(23)14-6-7-15-16(10-14)21-25-20-15/h2-7,10,17,22H,8-9,11H2,1H3,(H,19,23). The Morgan fingerprint density at radius 1 is 1.20 bits per heavy atom. The number of hydrogen-bond donors (Lipinski definition) is 2. The van der Waals surface area contributed by atoms with Gasteiger partial charge in [0.25, 0.3) is 5.91 Å². The van der Waals surface area contributed by atoms with E-state index in [9.17, 15) is 4.79 Å². The predicted octanol–water partition coefficient (Wildman–Crippen LogP) is 2.48. The summed E-state index contributed by atoms with van der Waals surface area (Å²) in [5.74, 6) is -0.195. The second-order valence-electron chi connectivity index (χ2n) is 5.67. The molecule has 6 nitrogen and oxygen atoms in total. The molecule has 0 spiro atoms. The van der Waals surface area contributed by atoms with Crippen molar-refractivity contribution in [3.8, 4) is 0 Å². The van der Waals surface area contributed by atoms with Crippen LogP contribution in [0.4, 0.5) is 0 Å². The number of aromatic nitrogens is 2. The molecule has 130 valence electrons. The first-order valence-corrected chi connectivity index (χ1v) is 8.70. The summed E-state index contributed by atoms with van der Waals surface area (Å²) in [5, 5.41) is 11.9. The third-order valence-corrected chi connectivity index (χ3v) is 4.38. The van der Waals surface area contributed by atoms with Crippen molar-refractivity contribution < 1.29 is 14.6 Å². The normalized spacial score (nSPS) is 12.2. The van der Waals surface area contributed by atoms with Crippen LogP contribution in [-0.4, -0.2) is 39.5 Å². The largest absolute Gasteiger partial charge is 0.394 e. The third kappa shape index (κ3) is 4.39. The summed E-state index contributed by atoms with van der Waals surface area (Å²) in [5.41, 5.74) is 4.14. The van der Waals surface area contributed by atoms with Gasteiger partial charge in [-0.2, -0.15) is 8.75 Å². The molecular weight excluding hydrogens is 338 g/mol. The van der Waals surface area contributed by atoms with E-state index in [-0.39, 0.29) is 25.2 Å². The number of hydrogen-bond acceptors (Lipinski definition) is 6. The Hall–Kier alpha value is -2.35. The summed E-state index contributed by atoms with van der Waals surface area (Å²) in [4.78, 5) is 12.4. The number of fused-ring (bicyclic) bond motifs is 1. The fraction of sp³-hybridized carbons (Fsp3) is 0.278. The van der Waals surface area contributed by atoms with Crippen molar-refractivity contribution >= 4 is 28.7 Å². The number of aryl methyl sites for hydroxylation is 1. The van der Waals surface area contributed by atoms with Crippen molar-refractivity contribution in [3.05, 3.63) is 59.2 Å². The number of carbonyl (C=O) groups is 1. The molecule has 1 heterocycles. The van der Waals surface area contributed by atoms with E-state index in [2.05, 4.69) is 14.1 Å². The van der Waals surface area contributed by atoms with E-state index >= 15 is 0 Å². The van der Waals surface area contributed by atoms with Gasteiger partial charge >= 0.3 is 0 Å². The van der Waals surface area contributed by atoms with E-state index < -0.39 is 0 Å². The van der Waals surface area contributed by atoms with Gasteiger partial charge in [-0.1, -0.05) is 29.8 Å². The predicted molar refractivity (Wildman–Crippen MR) is 96.7 cm³/mol. The molecule has 3 aromatic rings. The summed E-state index contributed by atoms with van der Waals surface area (Å²) < 4.78 is 14.0. The van der Waals surface area contributed by atoms with Crippen LogP contribution in [0.15, 0.2) is 42.5 Å². The van der Waals surface area contributed by atoms with Gasteiger partial charge in [-0.15, -0.1) is 0 Å². The lowest BCUT2D eigenvalue weighted by Crippen LogP contribution is -2.30. The van der Waals surface area contributed by atoms with Gasteiger partial charge in [0.1, 0.15) is 11.0 Å². The van der Waals surface area contributed by atoms with Crippen molar-refractivity contribution in [1.82, 2.24) is 14.1 Å². The molecule has 1 amide bonds. The summed E-state index contributed by atoms with van der Waals surface area (Å²) >= 11 is 1.12. The van der Waals surface area contributed by atoms with Crippen molar-refractivity contribution in [2.45, 2.75) is 13.0 Å². The van der Waals surface area contributed by atoms with Gasteiger partial charge < -0.3 is 15.2 Å². The number of carbonyl (C=O) groups excluding carboxylic acids is 1. The minimum absolute atomic E-state index is 0.0657. The highest BCUT2D eigenvalue weighted by atomic mass is 32.1. The Balaban J connectivity index is 1.68. The van der Waals surface area contributed by atoms with Crippen LogP contribution in [0.2, 0.25) is 0 Å². The lowest BCUT2D eigenvalue weighted by atomic mass is 10.1. The van der Waals surface area contributed by atoms with Crippen LogP contribution in [-0.2, 0) is 4.74 Å². The number of ether oxygens (including phenoxy) is 1. The molecule has 3 rings (SSSR count). The van der Waals surface area contributed by atoms with Crippen molar-refractivity contribution in [1.29, 1.82) is 0 Å². The molecule has 0 aliphatic rings. The number of amides is 1. The van der Waals surface area contributed by atoms with E-state index in [0.717, 1.165) is 28.4 Å². The zero-order chi connectivity index (χ0) is 17.6. The molecule has 2 aromatic carbocycles. The Labute approximate surface area is 149 Å². The molecule has 7 heteroatoms. The van der Waals surface area contributed by atoms with Crippen LogP contribution in [0.5, 0.6) is 0 Å². The van der Waals surface area contributed by atoms with E-state index in [1.165, 1.54) is 0 Å². The van der Waals surface area contributed by atoms with E-state index in [1.54, 1.807) is 18.2 Å². The molecule has 0 fully saturated rings. The number of benzene rings is 2. The average molecular weight is 357 g/mol. The van der Waals surface area contributed by atoms with Gasteiger partial charge in [-0.25, -0.2) is 0 Å². The Kier molecular flexibility index (Phi) is 5.70. The first-order chi connectivity index (χ1) is 12.2. The Bertz CT molecular complexity index is 848. The first-order valence-electron chi connectivity index (χ1n) is 7.97. The van der Waals surface area contributed by atoms with E-state index in [4.69, 9.17) is 9.84 Å². The maximum absolute atomic E-state index is 12.4. The van der Waals surface area contributed by atoms with Crippen LogP contribution in [0, 0.1) is 6.92 Å². The molecule has 0 saturated carbocycles. The lowest BCUT2D eigenvalue weighted by Gasteiger charge is -2.19. The topological polar surface area (TPSA) is 84.3 Å². The maximum atomic E-state index is 12.4. The zero-order valence-electron chi connectivity index (χ0n) is 13.8. The van der Waals surface area contributed by atoms with Crippen LogP contribution < -0.4 is 5.32 Å². The molecule has 1 unspecified atom stereocenters. The summed E-state index contributed by atoms with van der Waals surface area (Å²) in [6.45, 7) is 2.47. The maximum Gasteiger partial charge on any atom is 0.251 e. The van der Waals surface area contributed by atoms with Gasteiger partial charge in [-0.05, 0) is 30.7 Å². The second-order valence-corrected chi connectivity index (χ2v) is 6.20. The van der Waals surface area contributed by atoms with Gasteiger partial charge in [-0.3, -0.25) is 4.79 Å². The van der Waals surface area contributed by atoms with Gasteiger partial charge in [0.2, 0.25) is 0 Å². The van der Waals surface area contributed by atoms with Crippen molar-refractivity contribution in [2.75, 3.05) is 19.8 Å². The van der Waals surface area contributed by atoms with Crippen LogP contribution in [0.25, 0.3) is 11.0 Å². The van der Waals surface area contributed by atoms with Gasteiger partial charge in [0, 0.05) is 12.1 Å². The lowest BCUT2D eigenvalue weighted by molar-refractivity contribution is 0.0277. The second kappa shape index (κ2) is 8.15. The summed E-state index contributed by atoms with van der Waals surface area (Å²) in [6.07, 6.45) is -0.318. The quantitative estimate of drug-likeness (QED) is 0.679. The first kappa shape index (κ1) is 17.5. The third-order valence-electron chi connectivity index (χ3n) is 3.82. The molecule has 25 heavy (non-hydrogen) atoms. The molecule has 0 bridgehead atoms. The highest BCUT2D eigenvalue weighted by Gasteiger charge is 2.15. The Morgan fingerprint density at radius 3 is 2.72 bits per heavy atom. The summed E-state index contributed by atoms with van der Waals surface area (Å²) in [7, 11) is 0. The Morgan fingerprint density at radius 2 is 1.96 bits per heavy atom. The minimum atomic E-state index is -0.318. The average Bonchev–Trinajstić information content (AvgIpc) is 3.10. The molecule has 0 radical (unpaired) electrons. The minimum Gasteiger partial charge on any atom is -0.394 e. The number of aliphatic hydroxyl groups is 1. The fourth-order valence-electron chi connectivity index (χ4n) is 2.46. The van der Waals surface area contributed by atoms with Crippen molar-refractivity contribution in [2.24, 2.45) is 0 Å².